The fourth-order valence-electron chi connectivity index (χ4n) is 4.49. The molecule has 200 valence electrons. The van der Waals surface area contributed by atoms with Crippen molar-refractivity contribution >= 4 is 0 Å². The van der Waals surface area contributed by atoms with E-state index in [2.05, 4.69) is 47.7 Å². The van der Waals surface area contributed by atoms with Gasteiger partial charge in [0.25, 0.3) is 0 Å². The first-order valence-corrected chi connectivity index (χ1v) is 12.7. The summed E-state index contributed by atoms with van der Waals surface area (Å²) in [6.07, 6.45) is 5.53. The fourth-order valence-corrected chi connectivity index (χ4v) is 4.49. The summed E-state index contributed by atoms with van der Waals surface area (Å²) >= 11 is 0. The zero-order valence-electron chi connectivity index (χ0n) is 21.3. The molecule has 1 aliphatic rings. The number of hydrogen-bond donors (Lipinski definition) is 1. The number of aromatic nitrogens is 1. The SMILES string of the molecule is CCCCC(N[N+](=O)[O-])C(C)COC1CCC(c2ccccc2)CC1.Cc1ccncc1C(F)(F)F. The third-order valence-corrected chi connectivity index (χ3v) is 6.71. The third-order valence-electron chi connectivity index (χ3n) is 6.71. The molecule has 2 aromatic rings. The number of unbranched alkanes of at least 4 members (excludes halogenated alkanes) is 1. The molecule has 36 heavy (non-hydrogen) atoms. The number of nitrogens with one attached hydrogen (secondary N) is 1. The van der Waals surface area contributed by atoms with Gasteiger partial charge in [-0.3, -0.25) is 4.98 Å². The van der Waals surface area contributed by atoms with Crippen LogP contribution in [0.1, 0.15) is 81.4 Å². The van der Waals surface area contributed by atoms with E-state index in [-0.39, 0.29) is 17.5 Å². The molecule has 0 bridgehead atoms. The minimum Gasteiger partial charge on any atom is -0.378 e. The molecule has 0 amide bonds. The van der Waals surface area contributed by atoms with Crippen LogP contribution in [0.3, 0.4) is 0 Å². The summed E-state index contributed by atoms with van der Waals surface area (Å²) in [6.45, 7) is 6.16. The Kier molecular flexibility index (Phi) is 12.1. The van der Waals surface area contributed by atoms with Gasteiger partial charge in [0.2, 0.25) is 0 Å². The van der Waals surface area contributed by atoms with Crippen LogP contribution in [-0.4, -0.2) is 28.8 Å². The molecule has 9 heteroatoms. The van der Waals surface area contributed by atoms with Crippen molar-refractivity contribution in [1.82, 2.24) is 10.4 Å². The molecule has 0 saturated heterocycles. The molecular weight excluding hydrogens is 471 g/mol. The lowest BCUT2D eigenvalue weighted by Gasteiger charge is -2.30. The van der Waals surface area contributed by atoms with Gasteiger partial charge in [0, 0.05) is 18.3 Å². The zero-order valence-corrected chi connectivity index (χ0v) is 21.3. The van der Waals surface area contributed by atoms with Gasteiger partial charge in [-0.15, -0.1) is 5.43 Å². The van der Waals surface area contributed by atoms with E-state index in [1.54, 1.807) is 0 Å². The van der Waals surface area contributed by atoms with Gasteiger partial charge in [-0.2, -0.15) is 13.2 Å². The second-order valence-corrected chi connectivity index (χ2v) is 9.52. The molecule has 0 radical (unpaired) electrons. The van der Waals surface area contributed by atoms with Crippen LogP contribution in [0.2, 0.25) is 0 Å². The van der Waals surface area contributed by atoms with Crippen LogP contribution in [0.25, 0.3) is 0 Å². The highest BCUT2D eigenvalue weighted by Gasteiger charge is 2.32. The van der Waals surface area contributed by atoms with Crippen molar-refractivity contribution < 1.29 is 22.9 Å². The van der Waals surface area contributed by atoms with Crippen LogP contribution >= 0.6 is 0 Å². The van der Waals surface area contributed by atoms with Crippen LogP contribution < -0.4 is 5.43 Å². The van der Waals surface area contributed by atoms with E-state index in [0.717, 1.165) is 51.1 Å². The molecule has 1 saturated carbocycles. The number of rotatable bonds is 10. The number of hydrazine groups is 1. The van der Waals surface area contributed by atoms with E-state index in [1.165, 1.54) is 24.8 Å². The molecule has 1 heterocycles. The van der Waals surface area contributed by atoms with Crippen molar-refractivity contribution in [2.45, 2.75) is 90.0 Å². The first-order chi connectivity index (χ1) is 17.1. The monoisotopic (exact) mass is 509 g/mol. The van der Waals surface area contributed by atoms with Crippen LogP contribution in [0.4, 0.5) is 13.2 Å². The molecule has 1 aromatic heterocycles. The molecule has 1 fully saturated rings. The van der Waals surface area contributed by atoms with Crippen molar-refractivity contribution in [3.05, 3.63) is 75.6 Å². The number of aryl methyl sites for hydroxylation is 1. The van der Waals surface area contributed by atoms with Crippen molar-refractivity contribution in [1.29, 1.82) is 0 Å². The first kappa shape index (κ1) is 29.5. The highest BCUT2D eigenvalue weighted by molar-refractivity contribution is 5.24. The first-order valence-electron chi connectivity index (χ1n) is 12.7. The van der Waals surface area contributed by atoms with Crippen LogP contribution in [0, 0.1) is 23.0 Å². The Hall–Kier alpha value is -2.68. The molecule has 1 N–H and O–H groups in total. The third kappa shape index (κ3) is 10.1. The summed E-state index contributed by atoms with van der Waals surface area (Å²) in [5, 5.41) is 10.4. The van der Waals surface area contributed by atoms with E-state index in [1.807, 2.05) is 6.92 Å². The molecule has 0 spiro atoms. The molecule has 0 aliphatic heterocycles. The fraction of sp³-hybridized carbons (Fsp3) is 0.593. The van der Waals surface area contributed by atoms with Crippen LogP contribution in [-0.2, 0) is 10.9 Å². The van der Waals surface area contributed by atoms with E-state index >= 15 is 0 Å². The molecule has 6 nitrogen and oxygen atoms in total. The molecule has 1 aromatic carbocycles. The van der Waals surface area contributed by atoms with E-state index in [4.69, 9.17) is 4.74 Å². The Bertz CT molecular complexity index is 904. The van der Waals surface area contributed by atoms with Crippen LogP contribution in [0.15, 0.2) is 48.8 Å². The molecule has 2 atom stereocenters. The Morgan fingerprint density at radius 2 is 1.83 bits per heavy atom. The van der Waals surface area contributed by atoms with E-state index < -0.39 is 16.8 Å². The Morgan fingerprint density at radius 1 is 1.17 bits per heavy atom. The number of halogens is 3. The minimum atomic E-state index is -4.28. The van der Waals surface area contributed by atoms with Crippen molar-refractivity contribution in [3.63, 3.8) is 0 Å². The second kappa shape index (κ2) is 14.8. The van der Waals surface area contributed by atoms with Gasteiger partial charge < -0.3 is 4.74 Å². The summed E-state index contributed by atoms with van der Waals surface area (Å²) in [4.78, 5) is 14.2. The summed E-state index contributed by atoms with van der Waals surface area (Å²) < 4.78 is 42.1. The maximum Gasteiger partial charge on any atom is 0.418 e. The van der Waals surface area contributed by atoms with Gasteiger partial charge in [-0.05, 0) is 62.1 Å². The molecule has 3 rings (SSSR count). The maximum atomic E-state index is 12.0. The predicted molar refractivity (Wildman–Crippen MR) is 134 cm³/mol. The molecular formula is C27H38F3N3O3. The summed E-state index contributed by atoms with van der Waals surface area (Å²) in [5.41, 5.74) is 3.44. The van der Waals surface area contributed by atoms with E-state index in [0.29, 0.717) is 18.6 Å². The quantitative estimate of drug-likeness (QED) is 0.273. The summed E-state index contributed by atoms with van der Waals surface area (Å²) in [6, 6.07) is 11.9. The topological polar surface area (TPSA) is 77.3 Å². The number of nitro groups is 1. The van der Waals surface area contributed by atoms with Gasteiger partial charge in [0.15, 0.2) is 5.03 Å². The lowest BCUT2D eigenvalue weighted by molar-refractivity contribution is -0.553. The van der Waals surface area contributed by atoms with Crippen molar-refractivity contribution in [3.8, 4) is 0 Å². The smallest absolute Gasteiger partial charge is 0.378 e. The van der Waals surface area contributed by atoms with Crippen molar-refractivity contribution in [2.75, 3.05) is 6.61 Å². The highest BCUT2D eigenvalue weighted by atomic mass is 19.4. The number of hydrogen-bond acceptors (Lipinski definition) is 4. The van der Waals surface area contributed by atoms with Gasteiger partial charge in [-0.1, -0.05) is 57.0 Å². The normalized spacial score (nSPS) is 19.5. The van der Waals surface area contributed by atoms with E-state index in [9.17, 15) is 23.3 Å². The summed E-state index contributed by atoms with van der Waals surface area (Å²) in [5.74, 6) is 0.788. The summed E-state index contributed by atoms with van der Waals surface area (Å²) in [7, 11) is 0. The lowest BCUT2D eigenvalue weighted by atomic mass is 9.83. The Balaban J connectivity index is 0.000000346. The zero-order chi connectivity index (χ0) is 26.6. The number of nitrogens with zero attached hydrogens (tertiary/aromatic N) is 2. The number of ether oxygens (including phenoxy) is 1. The molecule has 2 unspecified atom stereocenters. The van der Waals surface area contributed by atoms with Gasteiger partial charge in [0.05, 0.1) is 24.3 Å². The van der Waals surface area contributed by atoms with Gasteiger partial charge >= 0.3 is 6.18 Å². The highest BCUT2D eigenvalue weighted by Crippen LogP contribution is 2.34. The number of benzene rings is 1. The van der Waals surface area contributed by atoms with Gasteiger partial charge in [-0.25, -0.2) is 10.1 Å². The average Bonchev–Trinajstić information content (AvgIpc) is 2.85. The minimum absolute atomic E-state index is 0.115. The maximum absolute atomic E-state index is 12.0. The Morgan fingerprint density at radius 3 is 2.36 bits per heavy atom. The Labute approximate surface area is 211 Å². The molecule has 1 aliphatic carbocycles. The van der Waals surface area contributed by atoms with Gasteiger partial charge in [0.1, 0.15) is 0 Å². The standard InChI is InChI=1S/C20H32N2O3.C7H6F3N/c1-3-4-10-20(21-22(23)24)16(2)15-25-19-13-11-18(12-14-19)17-8-6-5-7-9-17;1-5-2-3-11-4-6(5)7(8,9)10/h5-9,16,18-21H,3-4,10-15H2,1-2H3;2-4H,1H3. The van der Waals surface area contributed by atoms with Crippen LogP contribution in [0.5, 0.6) is 0 Å². The predicted octanol–water partition coefficient (Wildman–Crippen LogP) is 7.11. The van der Waals surface area contributed by atoms with Crippen molar-refractivity contribution in [2.24, 2.45) is 5.92 Å². The number of alkyl halides is 3. The lowest BCUT2D eigenvalue weighted by Crippen LogP contribution is -2.41. The average molecular weight is 510 g/mol. The number of pyridine rings is 1. The largest absolute Gasteiger partial charge is 0.418 e. The second-order valence-electron chi connectivity index (χ2n) is 9.52.